The summed E-state index contributed by atoms with van der Waals surface area (Å²) in [5.41, 5.74) is -0.304. The van der Waals surface area contributed by atoms with E-state index in [1.807, 2.05) is 20.8 Å². The Kier molecular flexibility index (Phi) is 13.4. The van der Waals surface area contributed by atoms with Crippen LogP contribution in [0.1, 0.15) is 80.6 Å². The van der Waals surface area contributed by atoms with E-state index in [1.165, 1.54) is 0 Å². The summed E-state index contributed by atoms with van der Waals surface area (Å²) in [4.78, 5) is 21.5. The minimum absolute atomic E-state index is 0.0940. The molecular weight excluding hydrogens is 268 g/mol. The normalized spacial score (nSPS) is 10.7. The molecule has 0 spiro atoms. The maximum Gasteiger partial charge on any atom is 0.306 e. The van der Waals surface area contributed by atoms with Gasteiger partial charge in [0.2, 0.25) is 0 Å². The van der Waals surface area contributed by atoms with Crippen molar-refractivity contribution in [1.29, 1.82) is 0 Å². The van der Waals surface area contributed by atoms with Gasteiger partial charge in [-0.25, -0.2) is 0 Å². The quantitative estimate of drug-likeness (QED) is 0.489. The van der Waals surface area contributed by atoms with Gasteiger partial charge in [0, 0.05) is 12.8 Å². The SMILES string of the molecule is CCC(=O)OC(C)(C)CC(C)C.CCCCOC(=O)CC. The zero-order valence-corrected chi connectivity index (χ0v) is 15.0. The molecule has 0 unspecified atom stereocenters. The van der Waals surface area contributed by atoms with Gasteiger partial charge in [-0.2, -0.15) is 0 Å². The van der Waals surface area contributed by atoms with E-state index in [2.05, 4.69) is 20.8 Å². The van der Waals surface area contributed by atoms with Gasteiger partial charge in [0.15, 0.2) is 0 Å². The molecule has 4 heteroatoms. The molecule has 0 aromatic heterocycles. The largest absolute Gasteiger partial charge is 0.466 e. The van der Waals surface area contributed by atoms with E-state index in [-0.39, 0.29) is 17.5 Å². The zero-order chi connectivity index (χ0) is 16.9. The number of hydrogen-bond acceptors (Lipinski definition) is 4. The second-order valence-corrected chi connectivity index (χ2v) is 6.11. The Bertz CT molecular complexity index is 283. The van der Waals surface area contributed by atoms with E-state index < -0.39 is 0 Å². The third kappa shape index (κ3) is 16.9. The third-order valence-corrected chi connectivity index (χ3v) is 2.63. The van der Waals surface area contributed by atoms with Gasteiger partial charge in [-0.15, -0.1) is 0 Å². The molecule has 0 aliphatic rings. The number of hydrogen-bond donors (Lipinski definition) is 0. The van der Waals surface area contributed by atoms with Crippen LogP contribution in [0.25, 0.3) is 0 Å². The Labute approximate surface area is 130 Å². The summed E-state index contributed by atoms with van der Waals surface area (Å²) in [5.74, 6) is 0.355. The van der Waals surface area contributed by atoms with E-state index >= 15 is 0 Å². The summed E-state index contributed by atoms with van der Waals surface area (Å²) in [7, 11) is 0. The smallest absolute Gasteiger partial charge is 0.306 e. The van der Waals surface area contributed by atoms with Crippen LogP contribution in [0.15, 0.2) is 0 Å². The number of unbranched alkanes of at least 4 members (excludes halogenated alkanes) is 1. The first-order valence-corrected chi connectivity index (χ1v) is 8.05. The minimum Gasteiger partial charge on any atom is -0.466 e. The highest BCUT2D eigenvalue weighted by atomic mass is 16.6. The first-order valence-electron chi connectivity index (χ1n) is 8.05. The summed E-state index contributed by atoms with van der Waals surface area (Å²) in [6, 6.07) is 0. The molecule has 0 N–H and O–H groups in total. The molecule has 0 rings (SSSR count). The molecule has 0 saturated carbocycles. The van der Waals surface area contributed by atoms with Crippen LogP contribution in [-0.4, -0.2) is 24.1 Å². The number of esters is 2. The van der Waals surface area contributed by atoms with Crippen LogP contribution in [0.2, 0.25) is 0 Å². The van der Waals surface area contributed by atoms with E-state index in [4.69, 9.17) is 9.47 Å². The molecule has 0 bridgehead atoms. The van der Waals surface area contributed by atoms with Crippen molar-refractivity contribution in [3.8, 4) is 0 Å². The van der Waals surface area contributed by atoms with Gasteiger partial charge in [0.05, 0.1) is 6.61 Å². The van der Waals surface area contributed by atoms with Crippen molar-refractivity contribution in [3.63, 3.8) is 0 Å². The molecule has 126 valence electrons. The Morgan fingerprint density at radius 2 is 1.52 bits per heavy atom. The van der Waals surface area contributed by atoms with Crippen molar-refractivity contribution < 1.29 is 19.1 Å². The number of carbonyl (C=O) groups excluding carboxylic acids is 2. The van der Waals surface area contributed by atoms with Crippen molar-refractivity contribution in [2.24, 2.45) is 5.92 Å². The topological polar surface area (TPSA) is 52.6 Å². The molecule has 4 nitrogen and oxygen atoms in total. The fraction of sp³-hybridized carbons (Fsp3) is 0.882. The number of ether oxygens (including phenoxy) is 2. The summed E-state index contributed by atoms with van der Waals surface area (Å²) < 4.78 is 10.1. The van der Waals surface area contributed by atoms with E-state index in [1.54, 1.807) is 6.92 Å². The molecule has 0 saturated heterocycles. The summed E-state index contributed by atoms with van der Waals surface area (Å²) in [5, 5.41) is 0. The summed E-state index contributed by atoms with van der Waals surface area (Å²) >= 11 is 0. The molecule has 0 aromatic rings. The van der Waals surface area contributed by atoms with E-state index in [0.717, 1.165) is 19.3 Å². The van der Waals surface area contributed by atoms with Crippen LogP contribution in [0, 0.1) is 5.92 Å². The second kappa shape index (κ2) is 12.7. The Hall–Kier alpha value is -1.06. The van der Waals surface area contributed by atoms with Crippen molar-refractivity contribution in [2.45, 2.75) is 86.2 Å². The fourth-order valence-corrected chi connectivity index (χ4v) is 1.84. The molecule has 0 amide bonds. The lowest BCUT2D eigenvalue weighted by Crippen LogP contribution is -2.29. The molecule has 0 fully saturated rings. The highest BCUT2D eigenvalue weighted by Crippen LogP contribution is 2.20. The van der Waals surface area contributed by atoms with Crippen molar-refractivity contribution in [3.05, 3.63) is 0 Å². The second-order valence-electron chi connectivity index (χ2n) is 6.11. The van der Waals surface area contributed by atoms with Crippen molar-refractivity contribution >= 4 is 11.9 Å². The number of rotatable bonds is 8. The first-order chi connectivity index (χ1) is 9.68. The standard InChI is InChI=1S/C10H20O2.C7H14O2/c1-6-9(11)12-10(4,5)7-8(2)3;1-3-5-6-9-7(8)4-2/h8H,6-7H2,1-5H3;3-6H2,1-2H3. The van der Waals surface area contributed by atoms with Crippen LogP contribution in [0.4, 0.5) is 0 Å². The molecular formula is C17H34O4. The first kappa shape index (κ1) is 22.2. The van der Waals surface area contributed by atoms with Gasteiger partial charge in [-0.05, 0) is 32.6 Å². The highest BCUT2D eigenvalue weighted by Gasteiger charge is 2.22. The average Bonchev–Trinajstić information content (AvgIpc) is 2.37. The highest BCUT2D eigenvalue weighted by molar-refractivity contribution is 5.69. The fourth-order valence-electron chi connectivity index (χ4n) is 1.84. The molecule has 21 heavy (non-hydrogen) atoms. The molecule has 0 atom stereocenters. The molecule has 0 heterocycles. The van der Waals surface area contributed by atoms with Crippen molar-refractivity contribution in [2.75, 3.05) is 6.61 Å². The average molecular weight is 302 g/mol. The van der Waals surface area contributed by atoms with Crippen LogP contribution in [0.3, 0.4) is 0 Å². The van der Waals surface area contributed by atoms with Crippen LogP contribution >= 0.6 is 0 Å². The Morgan fingerprint density at radius 1 is 1.00 bits per heavy atom. The van der Waals surface area contributed by atoms with Crippen molar-refractivity contribution in [1.82, 2.24) is 0 Å². The lowest BCUT2D eigenvalue weighted by Gasteiger charge is -2.26. The van der Waals surface area contributed by atoms with Gasteiger partial charge in [-0.1, -0.05) is 41.0 Å². The van der Waals surface area contributed by atoms with Crippen LogP contribution in [-0.2, 0) is 19.1 Å². The monoisotopic (exact) mass is 302 g/mol. The molecule has 0 aliphatic heterocycles. The predicted octanol–water partition coefficient (Wildman–Crippen LogP) is 4.50. The van der Waals surface area contributed by atoms with Gasteiger partial charge < -0.3 is 9.47 Å². The van der Waals surface area contributed by atoms with Crippen LogP contribution in [0.5, 0.6) is 0 Å². The maximum absolute atomic E-state index is 11.0. The molecule has 0 aromatic carbocycles. The van der Waals surface area contributed by atoms with E-state index in [0.29, 0.717) is 25.4 Å². The molecule has 0 radical (unpaired) electrons. The van der Waals surface area contributed by atoms with Gasteiger partial charge in [-0.3, -0.25) is 9.59 Å². The summed E-state index contributed by atoms with van der Waals surface area (Å²) in [6.45, 7) is 14.4. The Balaban J connectivity index is 0. The lowest BCUT2D eigenvalue weighted by molar-refractivity contribution is -0.157. The minimum atomic E-state index is -0.304. The lowest BCUT2D eigenvalue weighted by atomic mass is 9.96. The maximum atomic E-state index is 11.0. The summed E-state index contributed by atoms with van der Waals surface area (Å²) in [6.07, 6.45) is 3.92. The molecule has 0 aliphatic carbocycles. The van der Waals surface area contributed by atoms with Gasteiger partial charge >= 0.3 is 11.9 Å². The van der Waals surface area contributed by atoms with Crippen LogP contribution < -0.4 is 0 Å². The Morgan fingerprint density at radius 3 is 1.90 bits per heavy atom. The van der Waals surface area contributed by atoms with Gasteiger partial charge in [0.1, 0.15) is 5.60 Å². The zero-order valence-electron chi connectivity index (χ0n) is 15.0. The van der Waals surface area contributed by atoms with Gasteiger partial charge in [0.25, 0.3) is 0 Å². The predicted molar refractivity (Wildman–Crippen MR) is 86.1 cm³/mol. The van der Waals surface area contributed by atoms with E-state index in [9.17, 15) is 9.59 Å². The number of carbonyl (C=O) groups is 2. The third-order valence-electron chi connectivity index (χ3n) is 2.63.